The van der Waals surface area contributed by atoms with Crippen LogP contribution in [0.3, 0.4) is 0 Å². The molecule has 2 amide bonds. The molecule has 1 aromatic carbocycles. The van der Waals surface area contributed by atoms with E-state index < -0.39 is 0 Å². The molecule has 0 spiro atoms. The molecule has 0 bridgehead atoms. The summed E-state index contributed by atoms with van der Waals surface area (Å²) in [5.41, 5.74) is 0. The fourth-order valence-electron chi connectivity index (χ4n) is 3.42. The molecule has 2 fully saturated rings. The van der Waals surface area contributed by atoms with Crippen LogP contribution in [0.2, 0.25) is 0 Å². The Bertz CT molecular complexity index is 615. The average Bonchev–Trinajstić information content (AvgIpc) is 3.19. The van der Waals surface area contributed by atoms with Gasteiger partial charge in [0.05, 0.1) is 0 Å². The Balaban J connectivity index is 0.00000261. The maximum Gasteiger partial charge on any atom is 0.260 e. The van der Waals surface area contributed by atoms with E-state index in [0.29, 0.717) is 44.3 Å². The summed E-state index contributed by atoms with van der Waals surface area (Å²) in [6, 6.07) is 5.59. The summed E-state index contributed by atoms with van der Waals surface area (Å²) in [5.74, 6) is 0.819. The van der Waals surface area contributed by atoms with Crippen molar-refractivity contribution in [3.8, 4) is 5.75 Å². The van der Waals surface area contributed by atoms with Crippen molar-refractivity contribution in [1.82, 2.24) is 15.1 Å². The molecular weight excluding hydrogens is 373 g/mol. The Morgan fingerprint density at radius 3 is 2.30 bits per heavy atom. The number of piperazine rings is 1. The molecule has 2 aliphatic rings. The maximum atomic E-state index is 12.9. The lowest BCUT2D eigenvalue weighted by molar-refractivity contribution is -0.140. The predicted octanol–water partition coefficient (Wildman–Crippen LogP) is 1.69. The number of halogens is 2. The van der Waals surface area contributed by atoms with Crippen molar-refractivity contribution in [3.63, 3.8) is 0 Å². The van der Waals surface area contributed by atoms with Gasteiger partial charge in [-0.2, -0.15) is 0 Å². The van der Waals surface area contributed by atoms with Gasteiger partial charge in [0, 0.05) is 32.6 Å². The predicted molar refractivity (Wildman–Crippen MR) is 103 cm³/mol. The fourth-order valence-corrected chi connectivity index (χ4v) is 3.42. The summed E-state index contributed by atoms with van der Waals surface area (Å²) in [7, 11) is 0. The van der Waals surface area contributed by atoms with E-state index in [9.17, 15) is 14.0 Å². The Kier molecular flexibility index (Phi) is 8.31. The molecule has 0 aliphatic carbocycles. The van der Waals surface area contributed by atoms with Crippen LogP contribution in [0.25, 0.3) is 0 Å². The zero-order valence-electron chi connectivity index (χ0n) is 15.4. The Morgan fingerprint density at radius 2 is 1.70 bits per heavy atom. The highest BCUT2D eigenvalue weighted by atomic mass is 35.5. The van der Waals surface area contributed by atoms with E-state index in [0.717, 1.165) is 25.9 Å². The number of amides is 2. The van der Waals surface area contributed by atoms with Gasteiger partial charge >= 0.3 is 0 Å². The number of benzene rings is 1. The standard InChI is InChI=1S/C19H26FN3O3.ClH/c20-16-2-4-17(5-3-16)26-14-19(25)23-11-9-22(10-12-23)18(24)6-1-15-7-8-21-13-15;/h2-5,15,21H,1,6-14H2;1H. The lowest BCUT2D eigenvalue weighted by Gasteiger charge is -2.35. The molecule has 1 N–H and O–H groups in total. The second-order valence-corrected chi connectivity index (χ2v) is 6.90. The third-order valence-electron chi connectivity index (χ3n) is 5.09. The van der Waals surface area contributed by atoms with Gasteiger partial charge in [0.2, 0.25) is 5.91 Å². The summed E-state index contributed by atoms with van der Waals surface area (Å²) < 4.78 is 18.3. The lowest BCUT2D eigenvalue weighted by Crippen LogP contribution is -2.51. The fraction of sp³-hybridized carbons (Fsp3) is 0.579. The molecule has 0 aromatic heterocycles. The van der Waals surface area contributed by atoms with E-state index in [1.54, 1.807) is 4.90 Å². The topological polar surface area (TPSA) is 61.9 Å². The van der Waals surface area contributed by atoms with Crippen molar-refractivity contribution in [2.75, 3.05) is 45.9 Å². The number of hydrogen-bond donors (Lipinski definition) is 1. The normalized spacial score (nSPS) is 19.5. The highest BCUT2D eigenvalue weighted by Gasteiger charge is 2.25. The van der Waals surface area contributed by atoms with Crippen molar-refractivity contribution in [2.45, 2.75) is 19.3 Å². The molecule has 6 nitrogen and oxygen atoms in total. The van der Waals surface area contributed by atoms with Gasteiger partial charge in [-0.3, -0.25) is 9.59 Å². The molecule has 2 heterocycles. The molecule has 27 heavy (non-hydrogen) atoms. The van der Waals surface area contributed by atoms with Crippen molar-refractivity contribution in [1.29, 1.82) is 0 Å². The maximum absolute atomic E-state index is 12.9. The summed E-state index contributed by atoms with van der Waals surface area (Å²) in [5, 5.41) is 3.32. The van der Waals surface area contributed by atoms with Crippen molar-refractivity contribution >= 4 is 24.2 Å². The zero-order chi connectivity index (χ0) is 18.4. The monoisotopic (exact) mass is 399 g/mol. The number of carbonyl (C=O) groups excluding carboxylic acids is 2. The first-order valence-electron chi connectivity index (χ1n) is 9.26. The molecular formula is C19H27ClFN3O3. The third kappa shape index (κ3) is 6.36. The molecule has 2 aliphatic heterocycles. The average molecular weight is 400 g/mol. The summed E-state index contributed by atoms with van der Waals surface area (Å²) in [6.07, 6.45) is 2.69. The summed E-state index contributed by atoms with van der Waals surface area (Å²) in [4.78, 5) is 28.1. The first-order chi connectivity index (χ1) is 12.6. The van der Waals surface area contributed by atoms with Gasteiger partial charge in [0.25, 0.3) is 5.91 Å². The van der Waals surface area contributed by atoms with Gasteiger partial charge in [0.1, 0.15) is 11.6 Å². The first kappa shape index (κ1) is 21.4. The van der Waals surface area contributed by atoms with E-state index >= 15 is 0 Å². The quantitative estimate of drug-likeness (QED) is 0.790. The van der Waals surface area contributed by atoms with Crippen molar-refractivity contribution < 1.29 is 18.7 Å². The minimum Gasteiger partial charge on any atom is -0.484 e. The van der Waals surface area contributed by atoms with Gasteiger partial charge < -0.3 is 19.9 Å². The molecule has 0 saturated carbocycles. The summed E-state index contributed by atoms with van der Waals surface area (Å²) in [6.45, 7) is 4.20. The van der Waals surface area contributed by atoms with Gasteiger partial charge in [-0.15, -0.1) is 12.4 Å². The Labute approximate surface area is 165 Å². The van der Waals surface area contributed by atoms with Crippen molar-refractivity contribution in [3.05, 3.63) is 30.1 Å². The molecule has 8 heteroatoms. The largest absolute Gasteiger partial charge is 0.484 e. The number of ether oxygens (including phenoxy) is 1. The van der Waals surface area contributed by atoms with E-state index in [2.05, 4.69) is 5.32 Å². The second kappa shape index (κ2) is 10.5. The highest BCUT2D eigenvalue weighted by molar-refractivity contribution is 5.85. The highest BCUT2D eigenvalue weighted by Crippen LogP contribution is 2.16. The van der Waals surface area contributed by atoms with E-state index in [-0.39, 0.29) is 36.6 Å². The minimum atomic E-state index is -0.339. The molecule has 0 radical (unpaired) electrons. The van der Waals surface area contributed by atoms with Crippen LogP contribution in [0.4, 0.5) is 4.39 Å². The number of rotatable bonds is 6. The number of nitrogens with zero attached hydrogens (tertiary/aromatic N) is 2. The van der Waals surface area contributed by atoms with Crippen LogP contribution in [0.15, 0.2) is 24.3 Å². The second-order valence-electron chi connectivity index (χ2n) is 6.90. The van der Waals surface area contributed by atoms with E-state index in [1.807, 2.05) is 4.90 Å². The SMILES string of the molecule is Cl.O=C(CCC1CCNC1)N1CCN(C(=O)COc2ccc(F)cc2)CC1. The smallest absolute Gasteiger partial charge is 0.260 e. The first-order valence-corrected chi connectivity index (χ1v) is 9.26. The Hall–Kier alpha value is -1.86. The molecule has 1 atom stereocenters. The van der Waals surface area contributed by atoms with Crippen LogP contribution in [0.1, 0.15) is 19.3 Å². The molecule has 3 rings (SSSR count). The van der Waals surface area contributed by atoms with E-state index in [4.69, 9.17) is 4.74 Å². The molecule has 2 saturated heterocycles. The number of hydrogen-bond acceptors (Lipinski definition) is 4. The molecule has 1 aromatic rings. The van der Waals surface area contributed by atoms with Crippen LogP contribution in [0, 0.1) is 11.7 Å². The van der Waals surface area contributed by atoms with Crippen molar-refractivity contribution in [2.24, 2.45) is 5.92 Å². The minimum absolute atomic E-state index is 0. The van der Waals surface area contributed by atoms with E-state index in [1.165, 1.54) is 24.3 Å². The molecule has 150 valence electrons. The Morgan fingerprint density at radius 1 is 1.07 bits per heavy atom. The van der Waals surface area contributed by atoms with Gasteiger partial charge in [-0.1, -0.05) is 0 Å². The van der Waals surface area contributed by atoms with Gasteiger partial charge in [0.15, 0.2) is 6.61 Å². The number of nitrogens with one attached hydrogen (secondary N) is 1. The summed E-state index contributed by atoms with van der Waals surface area (Å²) >= 11 is 0. The van der Waals surface area contributed by atoms with Crippen LogP contribution in [-0.2, 0) is 9.59 Å². The van der Waals surface area contributed by atoms with Gasteiger partial charge in [-0.25, -0.2) is 4.39 Å². The zero-order valence-corrected chi connectivity index (χ0v) is 16.2. The number of carbonyl (C=O) groups is 2. The van der Waals surface area contributed by atoms with Crippen LogP contribution < -0.4 is 10.1 Å². The van der Waals surface area contributed by atoms with Crippen LogP contribution >= 0.6 is 12.4 Å². The molecule has 1 unspecified atom stereocenters. The van der Waals surface area contributed by atoms with Crippen LogP contribution in [0.5, 0.6) is 5.75 Å². The third-order valence-corrected chi connectivity index (χ3v) is 5.09. The van der Waals surface area contributed by atoms with Gasteiger partial charge in [-0.05, 0) is 56.1 Å². The lowest BCUT2D eigenvalue weighted by atomic mass is 10.0. The van der Waals surface area contributed by atoms with Crippen LogP contribution in [-0.4, -0.2) is 67.5 Å².